The fraction of sp³-hybridized carbons (Fsp3) is 0.353. The molecule has 1 amide bonds. The number of rotatable bonds is 2. The molecule has 25 heavy (non-hydrogen) atoms. The van der Waals surface area contributed by atoms with Gasteiger partial charge in [-0.25, -0.2) is 14.8 Å². The average molecular weight is 340 g/mol. The zero-order chi connectivity index (χ0) is 17.6. The van der Waals surface area contributed by atoms with E-state index >= 15 is 0 Å². The molecule has 4 rings (SSSR count). The molecule has 1 fully saturated rings. The lowest BCUT2D eigenvalue weighted by atomic mass is 9.83. The van der Waals surface area contributed by atoms with Gasteiger partial charge in [0.05, 0.1) is 0 Å². The number of carboxylic acids is 1. The fourth-order valence-corrected chi connectivity index (χ4v) is 3.86. The number of carbonyl (C=O) groups excluding carboxylic acids is 1. The molecule has 0 saturated carbocycles. The number of pyridine rings is 1. The smallest absolute Gasteiger partial charge is 0.356 e. The first-order valence-corrected chi connectivity index (χ1v) is 8.08. The van der Waals surface area contributed by atoms with Crippen LogP contribution in [0.3, 0.4) is 0 Å². The number of hydrogen-bond acceptors (Lipinski definition) is 5. The summed E-state index contributed by atoms with van der Waals surface area (Å²) in [6, 6.07) is 5.20. The van der Waals surface area contributed by atoms with Crippen molar-refractivity contribution in [1.29, 1.82) is 0 Å². The highest BCUT2D eigenvalue weighted by Crippen LogP contribution is 2.35. The van der Waals surface area contributed by atoms with E-state index in [9.17, 15) is 19.5 Å². The lowest BCUT2D eigenvalue weighted by Crippen LogP contribution is -2.49. The lowest BCUT2D eigenvalue weighted by Gasteiger charge is -2.42. The molecule has 1 N–H and O–H groups in total. The van der Waals surface area contributed by atoms with Crippen LogP contribution in [0.5, 0.6) is 0 Å². The Morgan fingerprint density at radius 2 is 1.84 bits per heavy atom. The molecule has 0 aliphatic carbocycles. The minimum Gasteiger partial charge on any atom is -0.476 e. The molecule has 2 aromatic rings. The first-order chi connectivity index (χ1) is 12.0. The summed E-state index contributed by atoms with van der Waals surface area (Å²) in [6.45, 7) is 1.49. The van der Waals surface area contributed by atoms with E-state index in [-0.39, 0.29) is 28.8 Å². The van der Waals surface area contributed by atoms with Gasteiger partial charge in [-0.3, -0.25) is 9.59 Å². The van der Waals surface area contributed by atoms with Crippen molar-refractivity contribution >= 4 is 11.9 Å². The summed E-state index contributed by atoms with van der Waals surface area (Å²) in [4.78, 5) is 45.5. The maximum Gasteiger partial charge on any atom is 0.356 e. The molecule has 0 spiro atoms. The van der Waals surface area contributed by atoms with Crippen molar-refractivity contribution in [2.45, 2.75) is 18.9 Å². The first-order valence-electron chi connectivity index (χ1n) is 8.08. The van der Waals surface area contributed by atoms with Gasteiger partial charge in [-0.2, -0.15) is 0 Å². The highest BCUT2D eigenvalue weighted by Gasteiger charge is 2.37. The second kappa shape index (κ2) is 5.80. The molecular formula is C17H16N4O4. The van der Waals surface area contributed by atoms with Crippen molar-refractivity contribution in [2.24, 2.45) is 5.92 Å². The number of carboxylic acid groups (broad SMARTS) is 1. The molecular weight excluding hydrogens is 324 g/mol. The van der Waals surface area contributed by atoms with Crippen LogP contribution in [0.2, 0.25) is 0 Å². The summed E-state index contributed by atoms with van der Waals surface area (Å²) in [6.07, 6.45) is 3.49. The average Bonchev–Trinajstić information content (AvgIpc) is 2.62. The van der Waals surface area contributed by atoms with Gasteiger partial charge in [0.25, 0.3) is 11.5 Å². The molecule has 0 aromatic carbocycles. The fourth-order valence-electron chi connectivity index (χ4n) is 3.86. The molecule has 2 aliphatic rings. The summed E-state index contributed by atoms with van der Waals surface area (Å²) < 4.78 is 1.78. The summed E-state index contributed by atoms with van der Waals surface area (Å²) in [5.41, 5.74) is 0.438. The summed E-state index contributed by atoms with van der Waals surface area (Å²) in [5.74, 6) is -1.46. The highest BCUT2D eigenvalue weighted by molar-refractivity contribution is 6.02. The minimum absolute atomic E-state index is 0.0194. The number of amides is 1. The van der Waals surface area contributed by atoms with E-state index in [0.717, 1.165) is 12.1 Å². The third-order valence-corrected chi connectivity index (χ3v) is 4.87. The normalized spacial score (nSPS) is 21.5. The van der Waals surface area contributed by atoms with Crippen LogP contribution in [0.25, 0.3) is 0 Å². The Bertz CT molecular complexity index is 923. The third-order valence-electron chi connectivity index (χ3n) is 4.87. The van der Waals surface area contributed by atoms with Crippen molar-refractivity contribution in [1.82, 2.24) is 19.4 Å². The first kappa shape index (κ1) is 15.5. The Balaban J connectivity index is 1.66. The number of aromatic carboxylic acids is 1. The van der Waals surface area contributed by atoms with Gasteiger partial charge in [-0.15, -0.1) is 0 Å². The predicted octanol–water partition coefficient (Wildman–Crippen LogP) is 0.596. The molecule has 128 valence electrons. The quantitative estimate of drug-likeness (QED) is 0.858. The van der Waals surface area contributed by atoms with Crippen LogP contribution >= 0.6 is 0 Å². The minimum atomic E-state index is -1.27. The maximum atomic E-state index is 12.8. The van der Waals surface area contributed by atoms with Crippen LogP contribution in [0.1, 0.15) is 39.0 Å². The van der Waals surface area contributed by atoms with Crippen LogP contribution in [0.4, 0.5) is 0 Å². The van der Waals surface area contributed by atoms with E-state index in [1.807, 2.05) is 6.07 Å². The summed E-state index contributed by atoms with van der Waals surface area (Å²) in [7, 11) is 0. The molecule has 8 heteroatoms. The number of fused-ring (bicyclic) bond motifs is 4. The van der Waals surface area contributed by atoms with Gasteiger partial charge in [-0.1, -0.05) is 6.07 Å². The number of carbonyl (C=O) groups is 2. The van der Waals surface area contributed by atoms with Crippen molar-refractivity contribution in [3.05, 3.63) is 58.0 Å². The predicted molar refractivity (Wildman–Crippen MR) is 86.4 cm³/mol. The van der Waals surface area contributed by atoms with Crippen LogP contribution in [0, 0.1) is 5.92 Å². The largest absolute Gasteiger partial charge is 0.476 e. The van der Waals surface area contributed by atoms with E-state index in [4.69, 9.17) is 0 Å². The molecule has 0 unspecified atom stereocenters. The molecule has 2 aliphatic heterocycles. The highest BCUT2D eigenvalue weighted by atomic mass is 16.4. The van der Waals surface area contributed by atoms with E-state index in [1.165, 1.54) is 12.4 Å². The second-order valence-corrected chi connectivity index (χ2v) is 6.47. The SMILES string of the molecule is O=C(O)c1nccnc1C(=O)N1C[C@@H]2C[C@@H](C1)c1cccc(=O)n1C2. The van der Waals surface area contributed by atoms with E-state index < -0.39 is 11.9 Å². The number of hydrogen-bond donors (Lipinski definition) is 1. The number of likely N-dealkylation sites (tertiary alicyclic amines) is 1. The Morgan fingerprint density at radius 3 is 2.60 bits per heavy atom. The second-order valence-electron chi connectivity index (χ2n) is 6.47. The standard InChI is InChI=1S/C17H16N4O4/c22-13-3-1-2-12-11-6-10(8-21(12)13)7-20(9-11)16(23)14-15(17(24)25)19-5-4-18-14/h1-5,10-11H,6-9H2,(H,24,25)/t10-,11-/m0/s1. The molecule has 2 bridgehead atoms. The Morgan fingerprint density at radius 1 is 1.08 bits per heavy atom. The summed E-state index contributed by atoms with van der Waals surface area (Å²) in [5, 5.41) is 9.22. The van der Waals surface area contributed by atoms with E-state index in [2.05, 4.69) is 9.97 Å². The zero-order valence-corrected chi connectivity index (χ0v) is 13.3. The molecule has 0 radical (unpaired) electrons. The van der Waals surface area contributed by atoms with Gasteiger partial charge in [0.2, 0.25) is 0 Å². The van der Waals surface area contributed by atoms with Gasteiger partial charge < -0.3 is 14.6 Å². The van der Waals surface area contributed by atoms with Gasteiger partial charge in [0, 0.05) is 49.7 Å². The Hall–Kier alpha value is -3.03. The van der Waals surface area contributed by atoms with Crippen LogP contribution in [-0.2, 0) is 6.54 Å². The zero-order valence-electron chi connectivity index (χ0n) is 13.3. The van der Waals surface area contributed by atoms with Crippen LogP contribution in [0.15, 0.2) is 35.4 Å². The van der Waals surface area contributed by atoms with Crippen molar-refractivity contribution in [3.63, 3.8) is 0 Å². The maximum absolute atomic E-state index is 12.8. The van der Waals surface area contributed by atoms with Crippen LogP contribution in [-0.4, -0.2) is 49.5 Å². The monoisotopic (exact) mass is 340 g/mol. The van der Waals surface area contributed by atoms with Crippen LogP contribution < -0.4 is 5.56 Å². The summed E-state index contributed by atoms with van der Waals surface area (Å²) >= 11 is 0. The van der Waals surface area contributed by atoms with Gasteiger partial charge in [-0.05, 0) is 18.4 Å². The molecule has 4 heterocycles. The number of nitrogens with zero attached hydrogens (tertiary/aromatic N) is 4. The number of piperidine rings is 1. The number of aromatic nitrogens is 3. The van der Waals surface area contributed by atoms with Crippen molar-refractivity contribution in [3.8, 4) is 0 Å². The lowest BCUT2D eigenvalue weighted by molar-refractivity contribution is 0.0571. The molecule has 2 atom stereocenters. The van der Waals surface area contributed by atoms with Crippen molar-refractivity contribution < 1.29 is 14.7 Å². The van der Waals surface area contributed by atoms with E-state index in [0.29, 0.717) is 19.6 Å². The van der Waals surface area contributed by atoms with E-state index in [1.54, 1.807) is 21.6 Å². The molecule has 1 saturated heterocycles. The van der Waals surface area contributed by atoms with Crippen molar-refractivity contribution in [2.75, 3.05) is 13.1 Å². The van der Waals surface area contributed by atoms with Gasteiger partial charge >= 0.3 is 5.97 Å². The van der Waals surface area contributed by atoms with Gasteiger partial charge in [0.15, 0.2) is 11.4 Å². The topological polar surface area (TPSA) is 105 Å². The molecule has 2 aromatic heterocycles. The Kier molecular flexibility index (Phi) is 3.60. The Labute approximate surface area is 142 Å². The third kappa shape index (κ3) is 2.59. The molecule has 8 nitrogen and oxygen atoms in total. The van der Waals surface area contributed by atoms with Gasteiger partial charge in [0.1, 0.15) is 0 Å².